The summed E-state index contributed by atoms with van der Waals surface area (Å²) in [5.74, 6) is -3.58. The molecule has 2 N–H and O–H groups in total. The number of benzene rings is 1. The van der Waals surface area contributed by atoms with Crippen LogP contribution >= 0.6 is 15.9 Å². The predicted molar refractivity (Wildman–Crippen MR) is 187 cm³/mol. The van der Waals surface area contributed by atoms with Crippen LogP contribution in [0, 0.1) is 17.3 Å². The molecule has 3 amide bonds. The Morgan fingerprint density at radius 2 is 1.85 bits per heavy atom. The maximum absolute atomic E-state index is 14.9. The first kappa shape index (κ1) is 37.8. The summed E-state index contributed by atoms with van der Waals surface area (Å²) >= 11 is 3.72. The van der Waals surface area contributed by atoms with E-state index in [0.717, 1.165) is 0 Å². The smallest absolute Gasteiger partial charge is 0.313 e. The number of carbonyl (C=O) groups excluding carboxylic acids is 4. The van der Waals surface area contributed by atoms with Gasteiger partial charge in [0.05, 0.1) is 37.1 Å². The Balaban J connectivity index is 1.71. The van der Waals surface area contributed by atoms with E-state index >= 15 is 0 Å². The van der Waals surface area contributed by atoms with E-state index in [0.29, 0.717) is 24.8 Å². The van der Waals surface area contributed by atoms with Crippen LogP contribution in [0.1, 0.15) is 78.9 Å². The zero-order valence-electron chi connectivity index (χ0n) is 29.1. The van der Waals surface area contributed by atoms with Crippen molar-refractivity contribution in [3.63, 3.8) is 0 Å². The second-order valence-corrected chi connectivity index (χ2v) is 16.4. The molecule has 3 fully saturated rings. The normalized spacial score (nSPS) is 27.6. The quantitative estimate of drug-likeness (QED) is 0.152. The number of ether oxygens (including phenoxy) is 2. The lowest BCUT2D eigenvalue weighted by Gasteiger charge is -2.46. The minimum absolute atomic E-state index is 0.0413. The minimum atomic E-state index is -1.32. The molecule has 0 saturated carbocycles. The summed E-state index contributed by atoms with van der Waals surface area (Å²) in [6, 6.07) is 7.33. The van der Waals surface area contributed by atoms with Crippen LogP contribution in [-0.4, -0.2) is 92.4 Å². The Bertz CT molecular complexity index is 1380. The van der Waals surface area contributed by atoms with Crippen LogP contribution in [0.5, 0.6) is 0 Å². The van der Waals surface area contributed by atoms with Gasteiger partial charge in [-0.2, -0.15) is 0 Å². The van der Waals surface area contributed by atoms with Crippen molar-refractivity contribution in [2.45, 2.75) is 107 Å². The molecule has 3 heterocycles. The first-order valence-corrected chi connectivity index (χ1v) is 17.7. The molecule has 11 heteroatoms. The number of allylic oxidation sites excluding steroid dienone is 1. The monoisotopic (exact) mass is 729 g/mol. The molecule has 10 nitrogen and oxygen atoms in total. The number of aliphatic hydroxyl groups excluding tert-OH is 1. The van der Waals surface area contributed by atoms with Crippen LogP contribution < -0.4 is 5.32 Å². The standard InChI is InChI=1S/C37H52BrN3O7/c1-9-11-17-27(43)39-20-26(24-15-13-12-14-16-24)47-34(46)28-29-32(44)41(23(3)21-42)31(37(29)19-25(38)30(28)48-37)33(45)40(18-10-2)36(7,8)22-35(4,5)6/h9-10,12-16,23,25-26,28-31,42H,1-2,11,17-22H2,3-8H3,(H,39,43)/t23-,25?,26-,28-,29+,30-,31-,37+/m1/s1. The highest BCUT2D eigenvalue weighted by Crippen LogP contribution is 2.61. The van der Waals surface area contributed by atoms with Crippen LogP contribution in [0.25, 0.3) is 0 Å². The molecule has 1 unspecified atom stereocenters. The average molecular weight is 731 g/mol. The van der Waals surface area contributed by atoms with Gasteiger partial charge >= 0.3 is 5.97 Å². The molecular formula is C37H52BrN3O7. The molecule has 1 spiro atoms. The van der Waals surface area contributed by atoms with Gasteiger partial charge in [-0.1, -0.05) is 79.2 Å². The topological polar surface area (TPSA) is 125 Å². The number of rotatable bonds is 15. The maximum Gasteiger partial charge on any atom is 0.313 e. The molecular weight excluding hydrogens is 678 g/mol. The van der Waals surface area contributed by atoms with Crippen molar-refractivity contribution in [1.82, 2.24) is 15.1 Å². The van der Waals surface area contributed by atoms with Gasteiger partial charge in [0.1, 0.15) is 17.7 Å². The number of alkyl halides is 1. The number of likely N-dealkylation sites (tertiary alicyclic amines) is 1. The van der Waals surface area contributed by atoms with E-state index in [9.17, 15) is 24.3 Å². The third-order valence-electron chi connectivity index (χ3n) is 9.73. The van der Waals surface area contributed by atoms with Gasteiger partial charge in [0.25, 0.3) is 0 Å². The van der Waals surface area contributed by atoms with Crippen LogP contribution in [-0.2, 0) is 28.7 Å². The molecule has 0 aromatic heterocycles. The van der Waals surface area contributed by atoms with Gasteiger partial charge < -0.3 is 29.7 Å². The predicted octanol–water partition coefficient (Wildman–Crippen LogP) is 4.71. The third kappa shape index (κ3) is 7.43. The van der Waals surface area contributed by atoms with E-state index < -0.39 is 59.1 Å². The lowest BCUT2D eigenvalue weighted by Crippen LogP contribution is -2.62. The molecule has 1 aromatic rings. The molecule has 0 aliphatic carbocycles. The fraction of sp³-hybridized carbons (Fsp3) is 0.622. The summed E-state index contributed by atoms with van der Waals surface area (Å²) in [6.07, 6.45) is 3.57. The van der Waals surface area contributed by atoms with Crippen LogP contribution in [0.4, 0.5) is 0 Å². The third-order valence-corrected chi connectivity index (χ3v) is 10.6. The Morgan fingerprint density at radius 1 is 1.19 bits per heavy atom. The molecule has 2 bridgehead atoms. The molecule has 1 aromatic carbocycles. The maximum atomic E-state index is 14.9. The van der Waals surface area contributed by atoms with E-state index in [1.54, 1.807) is 24.0 Å². The van der Waals surface area contributed by atoms with Gasteiger partial charge in [0.15, 0.2) is 0 Å². The Kier molecular flexibility index (Phi) is 11.7. The number of fused-ring (bicyclic) bond motifs is 1. The van der Waals surface area contributed by atoms with Gasteiger partial charge in [-0.25, -0.2) is 0 Å². The summed E-state index contributed by atoms with van der Waals surface area (Å²) in [5.41, 5.74) is -1.35. The largest absolute Gasteiger partial charge is 0.455 e. The lowest BCUT2D eigenvalue weighted by molar-refractivity contribution is -0.161. The Hall–Kier alpha value is -3.02. The fourth-order valence-corrected chi connectivity index (χ4v) is 9.07. The molecule has 0 radical (unpaired) electrons. The zero-order valence-corrected chi connectivity index (χ0v) is 30.7. The Labute approximate surface area is 293 Å². The first-order valence-electron chi connectivity index (χ1n) is 16.8. The number of esters is 1. The number of carbonyl (C=O) groups is 4. The number of amides is 3. The first-order chi connectivity index (χ1) is 22.5. The molecule has 3 aliphatic rings. The van der Waals surface area contributed by atoms with Crippen LogP contribution in [0.3, 0.4) is 0 Å². The van der Waals surface area contributed by atoms with Crippen LogP contribution in [0.2, 0.25) is 0 Å². The summed E-state index contributed by atoms with van der Waals surface area (Å²) in [6.45, 7) is 19.5. The number of aliphatic hydroxyl groups is 1. The zero-order chi connectivity index (χ0) is 35.6. The average Bonchev–Trinajstić information content (AvgIpc) is 3.62. The number of nitrogens with zero attached hydrogens (tertiary/aromatic N) is 2. The van der Waals surface area contributed by atoms with E-state index in [1.165, 1.54) is 4.90 Å². The summed E-state index contributed by atoms with van der Waals surface area (Å²) < 4.78 is 12.8. The summed E-state index contributed by atoms with van der Waals surface area (Å²) in [4.78, 5) is 59.0. The van der Waals surface area contributed by atoms with Crippen molar-refractivity contribution < 1.29 is 33.8 Å². The second-order valence-electron chi connectivity index (χ2n) is 15.2. The molecule has 4 rings (SSSR count). The number of hydrogen-bond donors (Lipinski definition) is 2. The molecule has 3 saturated heterocycles. The van der Waals surface area contributed by atoms with Gasteiger partial charge in [-0.15, -0.1) is 13.2 Å². The Morgan fingerprint density at radius 3 is 2.44 bits per heavy atom. The van der Waals surface area contributed by atoms with Gasteiger partial charge in [-0.3, -0.25) is 19.2 Å². The second kappa shape index (κ2) is 14.8. The van der Waals surface area contributed by atoms with Crippen LogP contribution in [0.15, 0.2) is 55.6 Å². The van der Waals surface area contributed by atoms with E-state index in [4.69, 9.17) is 9.47 Å². The highest BCUT2D eigenvalue weighted by Gasteiger charge is 2.77. The van der Waals surface area contributed by atoms with E-state index in [1.807, 2.05) is 44.2 Å². The van der Waals surface area contributed by atoms with Crippen molar-refractivity contribution in [1.29, 1.82) is 0 Å². The van der Waals surface area contributed by atoms with Gasteiger partial charge in [0.2, 0.25) is 17.7 Å². The van der Waals surface area contributed by atoms with E-state index in [-0.39, 0.29) is 48.2 Å². The molecule has 264 valence electrons. The number of hydrogen-bond acceptors (Lipinski definition) is 7. The number of nitrogens with one attached hydrogen (secondary N) is 1. The SMILES string of the molecule is C=CCCC(=O)NC[C@@H](OC(=O)[C@H]1[C@@H]2O[C@@]3(CC2Br)[C@@H]1C(=O)N([C@H](C)CO)[C@@H]3C(=O)N(CC=C)C(C)(C)CC(C)(C)C)c1ccccc1. The minimum Gasteiger partial charge on any atom is -0.455 e. The van der Waals surface area contributed by atoms with Crippen molar-refractivity contribution in [2.75, 3.05) is 19.7 Å². The van der Waals surface area contributed by atoms with Gasteiger partial charge in [0, 0.05) is 23.3 Å². The van der Waals surface area contributed by atoms with E-state index in [2.05, 4.69) is 55.2 Å². The van der Waals surface area contributed by atoms with Crippen molar-refractivity contribution in [3.8, 4) is 0 Å². The molecule has 3 aliphatic heterocycles. The highest BCUT2D eigenvalue weighted by atomic mass is 79.9. The van der Waals surface area contributed by atoms with Crippen molar-refractivity contribution in [2.24, 2.45) is 17.3 Å². The van der Waals surface area contributed by atoms with Crippen molar-refractivity contribution in [3.05, 3.63) is 61.2 Å². The number of halogens is 1. The van der Waals surface area contributed by atoms with Gasteiger partial charge in [-0.05, 0) is 51.0 Å². The molecule has 8 atom stereocenters. The van der Waals surface area contributed by atoms with Crippen molar-refractivity contribution >= 4 is 39.6 Å². The summed E-state index contributed by atoms with van der Waals surface area (Å²) in [5, 5.41) is 13.2. The summed E-state index contributed by atoms with van der Waals surface area (Å²) in [7, 11) is 0. The lowest BCUT2D eigenvalue weighted by atomic mass is 9.70. The highest BCUT2D eigenvalue weighted by molar-refractivity contribution is 9.09. The molecule has 48 heavy (non-hydrogen) atoms. The fourth-order valence-electron chi connectivity index (χ4n) is 8.13.